The smallest absolute Gasteiger partial charge is 0.320 e. The van der Waals surface area contributed by atoms with Crippen LogP contribution in [0, 0.1) is 0 Å². The quantitative estimate of drug-likeness (QED) is 0.202. The van der Waals surface area contributed by atoms with E-state index in [0.717, 1.165) is 11.8 Å². The van der Waals surface area contributed by atoms with E-state index in [1.54, 1.807) is 30.9 Å². The molecule has 8 nitrogen and oxygen atoms in total. The fourth-order valence-corrected chi connectivity index (χ4v) is 6.43. The second-order valence-electron chi connectivity index (χ2n) is 8.57. The molecule has 0 fully saturated rings. The second-order valence-corrected chi connectivity index (χ2v) is 14.4. The van der Waals surface area contributed by atoms with E-state index in [4.69, 9.17) is 23.2 Å². The van der Waals surface area contributed by atoms with E-state index in [1.807, 2.05) is 0 Å². The van der Waals surface area contributed by atoms with E-state index in [2.05, 4.69) is 10.0 Å². The summed E-state index contributed by atoms with van der Waals surface area (Å²) < 4.78 is 37.7. The van der Waals surface area contributed by atoms with Crippen molar-refractivity contribution in [3.05, 3.63) is 57.6 Å². The number of unbranched alkanes of at least 4 members (excludes halogenated alkanes) is 1. The topological polar surface area (TPSA) is 133 Å². The molecule has 4 N–H and O–H groups in total. The third-order valence-electron chi connectivity index (χ3n) is 5.51. The van der Waals surface area contributed by atoms with Crippen molar-refractivity contribution in [3.63, 3.8) is 0 Å². The number of hydrogen-bond acceptors (Lipinski definition) is 6. The average Bonchev–Trinajstić information content (AvgIpc) is 2.74. The molecule has 0 aromatic heterocycles. The molecule has 2 rings (SSSR count). The van der Waals surface area contributed by atoms with Crippen LogP contribution in [0.1, 0.15) is 30.4 Å². The molecule has 2 atom stereocenters. The molecule has 0 bridgehead atoms. The Bertz CT molecular complexity index is 1170. The molecule has 194 valence electrons. The Balaban J connectivity index is 1.96. The van der Waals surface area contributed by atoms with E-state index in [-0.39, 0.29) is 18.8 Å². The van der Waals surface area contributed by atoms with E-state index >= 15 is 0 Å². The molecular weight excluding hydrogens is 534 g/mol. The fourth-order valence-electron chi connectivity index (χ4n) is 3.50. The summed E-state index contributed by atoms with van der Waals surface area (Å²) in [6.45, 7) is 2.07. The lowest BCUT2D eigenvalue weighted by Crippen LogP contribution is -2.36. The van der Waals surface area contributed by atoms with Gasteiger partial charge in [0.2, 0.25) is 10.0 Å². The van der Waals surface area contributed by atoms with Crippen LogP contribution < -0.4 is 15.3 Å². The van der Waals surface area contributed by atoms with Gasteiger partial charge in [-0.2, -0.15) is 0 Å². The number of benzene rings is 2. The predicted octanol–water partition coefficient (Wildman–Crippen LogP) is 3.82. The zero-order chi connectivity index (χ0) is 26.2. The van der Waals surface area contributed by atoms with Gasteiger partial charge in [0.05, 0.1) is 6.26 Å². The number of carboxylic acid groups (broad SMARTS) is 1. The molecule has 0 aliphatic heterocycles. The molecule has 0 heterocycles. The first-order valence-corrected chi connectivity index (χ1v) is 16.0. The number of aryl methyl sites for hydroxylation is 1. The molecule has 0 amide bonds. The number of carboxylic acids is 1. The maximum absolute atomic E-state index is 13.1. The Morgan fingerprint density at radius 2 is 1.80 bits per heavy atom. The maximum atomic E-state index is 13.1. The summed E-state index contributed by atoms with van der Waals surface area (Å²) in [5.74, 6) is -0.951. The number of nitrogens with one attached hydrogen (secondary N) is 2. The molecule has 2 aromatic rings. The monoisotopic (exact) mass is 564 g/mol. The lowest BCUT2D eigenvalue weighted by Gasteiger charge is -2.17. The van der Waals surface area contributed by atoms with Crippen LogP contribution >= 0.6 is 30.3 Å². The third-order valence-corrected chi connectivity index (χ3v) is 9.36. The van der Waals surface area contributed by atoms with Crippen LogP contribution in [0.15, 0.2) is 36.4 Å². The van der Waals surface area contributed by atoms with Gasteiger partial charge in [-0.3, -0.25) is 4.79 Å². The van der Waals surface area contributed by atoms with Crippen LogP contribution in [-0.2, 0) is 32.3 Å². The van der Waals surface area contributed by atoms with Crippen LogP contribution in [0.4, 0.5) is 0 Å². The van der Waals surface area contributed by atoms with Gasteiger partial charge < -0.3 is 20.1 Å². The van der Waals surface area contributed by atoms with Gasteiger partial charge >= 0.3 is 5.97 Å². The zero-order valence-corrected chi connectivity index (χ0v) is 22.9. The first kappa shape index (κ1) is 29.6. The van der Waals surface area contributed by atoms with Gasteiger partial charge in [0.25, 0.3) is 0 Å². The van der Waals surface area contributed by atoms with Gasteiger partial charge in [-0.05, 0) is 62.2 Å². The van der Waals surface area contributed by atoms with E-state index in [0.29, 0.717) is 52.8 Å². The Morgan fingerprint density at radius 3 is 2.37 bits per heavy atom. The highest BCUT2D eigenvalue weighted by molar-refractivity contribution is 7.88. The standard InChI is InChI=1S/C23H31Cl2N2O6PS/c1-34(31,18-7-5-6-17(28)14-18)11-9-16-12-20(24)19(21(25)13-16)15-26-22(23(29)30)8-3-4-10-27-35(2,32)33/h5-7,12-14,22,26-28H,3-4,8-11,15H2,1-2H3,(H,29,30)/t22-,34?/m0/s1. The summed E-state index contributed by atoms with van der Waals surface area (Å²) in [5.41, 5.74) is 1.37. The lowest BCUT2D eigenvalue weighted by molar-refractivity contribution is -0.139. The molecule has 12 heteroatoms. The number of phenolic OH excluding ortho intramolecular Hbond substituents is 1. The Hall–Kier alpha value is -1.61. The fraction of sp³-hybridized carbons (Fsp3) is 0.435. The maximum Gasteiger partial charge on any atom is 0.320 e. The zero-order valence-electron chi connectivity index (χ0n) is 19.6. The van der Waals surface area contributed by atoms with Crippen molar-refractivity contribution in [2.24, 2.45) is 0 Å². The Kier molecular flexibility index (Phi) is 11.1. The van der Waals surface area contributed by atoms with Crippen LogP contribution in [-0.4, -0.2) is 56.3 Å². The number of sulfonamides is 1. The molecular formula is C23H31Cl2N2O6PS. The number of hydrogen-bond donors (Lipinski definition) is 4. The van der Waals surface area contributed by atoms with Gasteiger partial charge in [-0.15, -0.1) is 0 Å². The van der Waals surface area contributed by atoms with E-state index < -0.39 is 29.2 Å². The Morgan fingerprint density at radius 1 is 1.14 bits per heavy atom. The van der Waals surface area contributed by atoms with Crippen LogP contribution in [0.2, 0.25) is 10.0 Å². The number of aliphatic carboxylic acids is 1. The van der Waals surface area contributed by atoms with Crippen molar-refractivity contribution in [1.29, 1.82) is 0 Å². The summed E-state index contributed by atoms with van der Waals surface area (Å²) in [6, 6.07) is 9.06. The van der Waals surface area contributed by atoms with Gasteiger partial charge in [0.1, 0.15) is 18.9 Å². The van der Waals surface area contributed by atoms with E-state index in [1.165, 1.54) is 12.1 Å². The summed E-state index contributed by atoms with van der Waals surface area (Å²) >= 11 is 12.9. The minimum absolute atomic E-state index is 0.0674. The molecule has 0 saturated carbocycles. The van der Waals surface area contributed by atoms with Gasteiger partial charge in [-0.1, -0.05) is 35.3 Å². The number of carbonyl (C=O) groups is 1. The minimum atomic E-state index is -3.27. The van der Waals surface area contributed by atoms with Crippen molar-refractivity contribution in [2.45, 2.75) is 38.3 Å². The number of aromatic hydroxyl groups is 1. The molecule has 0 aliphatic rings. The molecule has 0 saturated heterocycles. The molecule has 0 spiro atoms. The largest absolute Gasteiger partial charge is 0.508 e. The third kappa shape index (κ3) is 10.1. The first-order valence-electron chi connectivity index (χ1n) is 11.0. The normalized spacial score (nSPS) is 14.4. The van der Waals surface area contributed by atoms with Gasteiger partial charge in [0.15, 0.2) is 0 Å². The summed E-state index contributed by atoms with van der Waals surface area (Å²) in [7, 11) is -5.97. The molecule has 35 heavy (non-hydrogen) atoms. The second kappa shape index (κ2) is 13.1. The summed E-state index contributed by atoms with van der Waals surface area (Å²) in [4.78, 5) is 11.6. The lowest BCUT2D eigenvalue weighted by atomic mass is 10.1. The summed E-state index contributed by atoms with van der Waals surface area (Å²) in [6.07, 6.45) is 3.26. The highest BCUT2D eigenvalue weighted by atomic mass is 35.5. The van der Waals surface area contributed by atoms with E-state index in [9.17, 15) is 28.0 Å². The molecule has 0 aliphatic carbocycles. The minimum Gasteiger partial charge on any atom is -0.508 e. The van der Waals surface area contributed by atoms with Crippen molar-refractivity contribution < 1.29 is 28.0 Å². The highest BCUT2D eigenvalue weighted by Gasteiger charge is 2.21. The molecule has 1 unspecified atom stereocenters. The highest BCUT2D eigenvalue weighted by Crippen LogP contribution is 2.41. The molecule has 2 aromatic carbocycles. The SMILES string of the molecule is CP(=O)(CCc1cc(Cl)c(CN[C@@H](CCCCNS(C)(=O)=O)C(=O)O)c(Cl)c1)c1cccc(O)c1. The first-order chi connectivity index (χ1) is 16.3. The van der Waals surface area contributed by atoms with Crippen LogP contribution in [0.5, 0.6) is 5.75 Å². The number of phenols is 1. The van der Waals surface area contributed by atoms with Gasteiger partial charge in [-0.25, -0.2) is 13.1 Å². The van der Waals surface area contributed by atoms with Gasteiger partial charge in [0, 0.05) is 40.2 Å². The van der Waals surface area contributed by atoms with Crippen LogP contribution in [0.25, 0.3) is 0 Å². The van der Waals surface area contributed by atoms with Crippen molar-refractivity contribution in [3.8, 4) is 5.75 Å². The van der Waals surface area contributed by atoms with Crippen molar-refractivity contribution >= 4 is 51.6 Å². The predicted molar refractivity (Wildman–Crippen MR) is 141 cm³/mol. The van der Waals surface area contributed by atoms with Crippen molar-refractivity contribution in [1.82, 2.24) is 10.0 Å². The Labute approximate surface area is 216 Å². The number of rotatable bonds is 14. The van der Waals surface area contributed by atoms with Crippen molar-refractivity contribution in [2.75, 3.05) is 25.6 Å². The molecule has 0 radical (unpaired) electrons. The average molecular weight is 565 g/mol. The summed E-state index contributed by atoms with van der Waals surface area (Å²) in [5, 5.41) is 23.5. The number of halogens is 2. The van der Waals surface area contributed by atoms with Crippen LogP contribution in [0.3, 0.4) is 0 Å².